The maximum absolute atomic E-state index is 12.2. The molecule has 3 N–H and O–H groups in total. The van der Waals surface area contributed by atoms with Gasteiger partial charge in [-0.25, -0.2) is 0 Å². The molecule has 3 atom stereocenters. The molecular weight excluding hydrogens is 256 g/mol. The van der Waals surface area contributed by atoms with E-state index in [1.807, 2.05) is 42.1 Å². The second-order valence-electron chi connectivity index (χ2n) is 5.12. The van der Waals surface area contributed by atoms with Gasteiger partial charge in [-0.1, -0.05) is 36.8 Å². The normalized spacial score (nSPS) is 24.7. The topological polar surface area (TPSA) is 55.1 Å². The molecule has 1 fully saturated rings. The average molecular weight is 278 g/mol. The van der Waals surface area contributed by atoms with Gasteiger partial charge in [0.15, 0.2) is 0 Å². The Bertz CT molecular complexity index is 410. The lowest BCUT2D eigenvalue weighted by molar-refractivity contribution is -0.123. The fraction of sp³-hybridized carbons (Fsp3) is 0.533. The minimum Gasteiger partial charge on any atom is -0.352 e. The highest BCUT2D eigenvalue weighted by Crippen LogP contribution is 2.27. The molecule has 0 spiro atoms. The van der Waals surface area contributed by atoms with Gasteiger partial charge in [-0.3, -0.25) is 4.79 Å². The summed E-state index contributed by atoms with van der Waals surface area (Å²) in [4.78, 5) is 12.2. The van der Waals surface area contributed by atoms with E-state index in [1.165, 1.54) is 12.8 Å². The van der Waals surface area contributed by atoms with Crippen LogP contribution in [0.3, 0.4) is 0 Å². The third kappa shape index (κ3) is 3.98. The van der Waals surface area contributed by atoms with Gasteiger partial charge in [0.25, 0.3) is 0 Å². The van der Waals surface area contributed by atoms with Crippen LogP contribution in [0.2, 0.25) is 0 Å². The molecule has 1 aromatic rings. The summed E-state index contributed by atoms with van der Waals surface area (Å²) in [6.45, 7) is 0. The van der Waals surface area contributed by atoms with E-state index in [2.05, 4.69) is 11.6 Å². The second-order valence-corrected chi connectivity index (χ2v) is 6.26. The van der Waals surface area contributed by atoms with Crippen molar-refractivity contribution in [1.82, 2.24) is 5.32 Å². The van der Waals surface area contributed by atoms with Crippen LogP contribution in [0, 0.1) is 0 Å². The first-order chi connectivity index (χ1) is 9.20. The largest absolute Gasteiger partial charge is 0.352 e. The van der Waals surface area contributed by atoms with E-state index in [0.717, 1.165) is 18.4 Å². The van der Waals surface area contributed by atoms with Crippen molar-refractivity contribution in [2.75, 3.05) is 6.26 Å². The number of carbonyl (C=O) groups is 1. The predicted octanol–water partition coefficient (Wildman–Crippen LogP) is 2.48. The zero-order valence-electron chi connectivity index (χ0n) is 11.3. The molecule has 104 valence electrons. The Balaban J connectivity index is 1.90. The highest BCUT2D eigenvalue weighted by Gasteiger charge is 2.24. The molecule has 1 saturated carbocycles. The Morgan fingerprint density at radius 3 is 2.79 bits per heavy atom. The van der Waals surface area contributed by atoms with Crippen LogP contribution in [0.5, 0.6) is 0 Å². The molecule has 3 unspecified atom stereocenters. The number of hydrogen-bond donors (Lipinski definition) is 2. The van der Waals surface area contributed by atoms with Crippen molar-refractivity contribution >= 4 is 17.7 Å². The fourth-order valence-electron chi connectivity index (χ4n) is 2.59. The van der Waals surface area contributed by atoms with Crippen LogP contribution in [-0.2, 0) is 4.79 Å². The fourth-order valence-corrected chi connectivity index (χ4v) is 3.42. The minimum atomic E-state index is -0.559. The van der Waals surface area contributed by atoms with E-state index in [1.54, 1.807) is 0 Å². The van der Waals surface area contributed by atoms with Crippen LogP contribution in [0.4, 0.5) is 0 Å². The standard InChI is InChI=1S/C15H22N2OS/c1-19-13-9-5-8-12(10-13)17-15(18)14(16)11-6-3-2-4-7-11/h2-4,6-7,12-14H,5,8-10,16H2,1H3,(H,17,18). The third-order valence-electron chi connectivity index (χ3n) is 3.75. The number of benzene rings is 1. The Morgan fingerprint density at radius 2 is 2.11 bits per heavy atom. The summed E-state index contributed by atoms with van der Waals surface area (Å²) in [5, 5.41) is 3.78. The minimum absolute atomic E-state index is 0.0575. The lowest BCUT2D eigenvalue weighted by atomic mass is 9.94. The quantitative estimate of drug-likeness (QED) is 0.889. The Kier molecular flexibility index (Phi) is 5.28. The Labute approximate surface area is 119 Å². The number of nitrogens with two attached hydrogens (primary N) is 1. The summed E-state index contributed by atoms with van der Waals surface area (Å²) in [7, 11) is 0. The van der Waals surface area contributed by atoms with Gasteiger partial charge < -0.3 is 11.1 Å². The second kappa shape index (κ2) is 6.96. The summed E-state index contributed by atoms with van der Waals surface area (Å²) in [5.74, 6) is -0.0575. The molecule has 19 heavy (non-hydrogen) atoms. The maximum Gasteiger partial charge on any atom is 0.241 e. The molecule has 0 heterocycles. The molecule has 1 amide bonds. The lowest BCUT2D eigenvalue weighted by Gasteiger charge is -2.29. The van der Waals surface area contributed by atoms with Crippen molar-refractivity contribution in [2.24, 2.45) is 5.73 Å². The van der Waals surface area contributed by atoms with Crippen LogP contribution in [0.15, 0.2) is 30.3 Å². The van der Waals surface area contributed by atoms with Gasteiger partial charge in [-0.15, -0.1) is 0 Å². The molecule has 0 aliphatic heterocycles. The molecule has 0 bridgehead atoms. The molecule has 3 nitrogen and oxygen atoms in total. The molecular formula is C15H22N2OS. The molecule has 1 aliphatic carbocycles. The van der Waals surface area contributed by atoms with Crippen LogP contribution >= 0.6 is 11.8 Å². The van der Waals surface area contributed by atoms with Gasteiger partial charge >= 0.3 is 0 Å². The smallest absolute Gasteiger partial charge is 0.241 e. The first kappa shape index (κ1) is 14.4. The van der Waals surface area contributed by atoms with Crippen molar-refractivity contribution in [2.45, 2.75) is 43.0 Å². The third-order valence-corrected chi connectivity index (χ3v) is 4.84. The van der Waals surface area contributed by atoms with E-state index < -0.39 is 6.04 Å². The van der Waals surface area contributed by atoms with E-state index >= 15 is 0 Å². The van der Waals surface area contributed by atoms with E-state index in [4.69, 9.17) is 5.73 Å². The van der Waals surface area contributed by atoms with Gasteiger partial charge in [0, 0.05) is 11.3 Å². The van der Waals surface area contributed by atoms with E-state index in [9.17, 15) is 4.79 Å². The maximum atomic E-state index is 12.2. The number of amides is 1. The first-order valence-electron chi connectivity index (χ1n) is 6.84. The van der Waals surface area contributed by atoms with Crippen LogP contribution in [0.25, 0.3) is 0 Å². The van der Waals surface area contributed by atoms with Crippen molar-refractivity contribution in [3.63, 3.8) is 0 Å². The molecule has 4 heteroatoms. The number of carbonyl (C=O) groups excluding carboxylic acids is 1. The van der Waals surface area contributed by atoms with Crippen molar-refractivity contribution in [1.29, 1.82) is 0 Å². The molecule has 0 saturated heterocycles. The molecule has 0 aromatic heterocycles. The van der Waals surface area contributed by atoms with Crippen LogP contribution in [-0.4, -0.2) is 23.5 Å². The molecule has 0 radical (unpaired) electrons. The van der Waals surface area contributed by atoms with Crippen molar-refractivity contribution < 1.29 is 4.79 Å². The zero-order chi connectivity index (χ0) is 13.7. The number of rotatable bonds is 4. The first-order valence-corrected chi connectivity index (χ1v) is 8.13. The summed E-state index contributed by atoms with van der Waals surface area (Å²) in [6.07, 6.45) is 6.73. The number of thioether (sulfide) groups is 1. The molecule has 1 aliphatic rings. The monoisotopic (exact) mass is 278 g/mol. The summed E-state index contributed by atoms with van der Waals surface area (Å²) in [6, 6.07) is 9.27. The van der Waals surface area contributed by atoms with Crippen molar-refractivity contribution in [3.05, 3.63) is 35.9 Å². The van der Waals surface area contributed by atoms with Crippen LogP contribution < -0.4 is 11.1 Å². The highest BCUT2D eigenvalue weighted by molar-refractivity contribution is 7.99. The summed E-state index contributed by atoms with van der Waals surface area (Å²) < 4.78 is 0. The SMILES string of the molecule is CSC1CCCC(NC(=O)C(N)c2ccccc2)C1. The van der Waals surface area contributed by atoms with Gasteiger partial charge in [0.1, 0.15) is 6.04 Å². The van der Waals surface area contributed by atoms with E-state index in [0.29, 0.717) is 5.25 Å². The van der Waals surface area contributed by atoms with Gasteiger partial charge in [-0.2, -0.15) is 11.8 Å². The predicted molar refractivity (Wildman–Crippen MR) is 81.1 cm³/mol. The van der Waals surface area contributed by atoms with Gasteiger partial charge in [0.2, 0.25) is 5.91 Å². The lowest BCUT2D eigenvalue weighted by Crippen LogP contribution is -2.43. The van der Waals surface area contributed by atoms with Crippen LogP contribution in [0.1, 0.15) is 37.3 Å². The van der Waals surface area contributed by atoms with Gasteiger partial charge in [-0.05, 0) is 31.1 Å². The number of nitrogens with one attached hydrogen (secondary N) is 1. The Hall–Kier alpha value is -1.00. The molecule has 2 rings (SSSR count). The molecule has 1 aromatic carbocycles. The average Bonchev–Trinajstić information content (AvgIpc) is 2.47. The number of hydrogen-bond acceptors (Lipinski definition) is 3. The summed E-state index contributed by atoms with van der Waals surface area (Å²) in [5.41, 5.74) is 6.88. The Morgan fingerprint density at radius 1 is 1.37 bits per heavy atom. The van der Waals surface area contributed by atoms with E-state index in [-0.39, 0.29) is 11.9 Å². The zero-order valence-corrected chi connectivity index (χ0v) is 12.2. The summed E-state index contributed by atoms with van der Waals surface area (Å²) >= 11 is 1.90. The van der Waals surface area contributed by atoms with Crippen molar-refractivity contribution in [3.8, 4) is 0 Å². The highest BCUT2D eigenvalue weighted by atomic mass is 32.2. The van der Waals surface area contributed by atoms with Gasteiger partial charge in [0.05, 0.1) is 0 Å².